The van der Waals surface area contributed by atoms with Gasteiger partial charge in [0, 0.05) is 18.0 Å². The van der Waals surface area contributed by atoms with Gasteiger partial charge in [-0.2, -0.15) is 0 Å². The summed E-state index contributed by atoms with van der Waals surface area (Å²) in [4.78, 5) is 18.4. The molecule has 0 bridgehead atoms. The Labute approximate surface area is 76.7 Å². The largest absolute Gasteiger partial charge is 0.481 e. The van der Waals surface area contributed by atoms with Crippen LogP contribution in [0.25, 0.3) is 0 Å². The Morgan fingerprint density at radius 3 is 2.62 bits per heavy atom. The summed E-state index contributed by atoms with van der Waals surface area (Å²) in [6.07, 6.45) is 5.98. The second kappa shape index (κ2) is 4.54. The van der Waals surface area contributed by atoms with Crippen LogP contribution in [-0.2, 0) is 4.79 Å². The van der Waals surface area contributed by atoms with E-state index in [1.54, 1.807) is 12.4 Å². The van der Waals surface area contributed by atoms with Crippen molar-refractivity contribution >= 4 is 5.97 Å². The lowest BCUT2D eigenvalue weighted by Gasteiger charge is -2.09. The molecule has 13 heavy (non-hydrogen) atoms. The molecule has 0 aliphatic carbocycles. The van der Waals surface area contributed by atoms with Crippen molar-refractivity contribution in [3.05, 3.63) is 24.3 Å². The van der Waals surface area contributed by atoms with E-state index >= 15 is 0 Å². The smallest absolute Gasteiger partial charge is 0.311 e. The molecule has 4 nitrogen and oxygen atoms in total. The van der Waals surface area contributed by atoms with Crippen molar-refractivity contribution in [2.75, 3.05) is 0 Å². The summed E-state index contributed by atoms with van der Waals surface area (Å²) in [6.45, 7) is 1.96. The minimum atomic E-state index is -0.809. The first-order valence-electron chi connectivity index (χ1n) is 4.23. The molecule has 0 radical (unpaired) electrons. The average molecular weight is 180 g/mol. The summed E-state index contributed by atoms with van der Waals surface area (Å²) in [5, 5.41) is 8.90. The Kier molecular flexibility index (Phi) is 3.37. The number of carbonyl (C=O) groups is 1. The second-order valence-corrected chi connectivity index (χ2v) is 2.85. The molecule has 4 heteroatoms. The van der Waals surface area contributed by atoms with Gasteiger partial charge < -0.3 is 5.11 Å². The minimum Gasteiger partial charge on any atom is -0.481 e. The number of aliphatic carboxylic acids is 1. The van der Waals surface area contributed by atoms with Gasteiger partial charge in [0.05, 0.1) is 5.92 Å². The number of hydrogen-bond donors (Lipinski definition) is 1. The van der Waals surface area contributed by atoms with Crippen LogP contribution in [0.2, 0.25) is 0 Å². The third-order valence-electron chi connectivity index (χ3n) is 1.86. The van der Waals surface area contributed by atoms with Crippen LogP contribution in [0.5, 0.6) is 0 Å². The highest BCUT2D eigenvalue weighted by Crippen LogP contribution is 2.19. The zero-order valence-corrected chi connectivity index (χ0v) is 7.47. The van der Waals surface area contributed by atoms with E-state index in [2.05, 4.69) is 9.97 Å². The normalized spacial score (nSPS) is 12.4. The lowest BCUT2D eigenvalue weighted by molar-refractivity contribution is -0.139. The first-order chi connectivity index (χ1) is 6.25. The van der Waals surface area contributed by atoms with Gasteiger partial charge in [0.15, 0.2) is 0 Å². The quantitative estimate of drug-likeness (QED) is 0.761. The maximum Gasteiger partial charge on any atom is 0.311 e. The van der Waals surface area contributed by atoms with Gasteiger partial charge in [0.2, 0.25) is 0 Å². The molecule has 1 aromatic heterocycles. The van der Waals surface area contributed by atoms with Crippen molar-refractivity contribution in [3.8, 4) is 0 Å². The SMILES string of the molecule is CCCC(C(=O)O)c1cncnc1. The van der Waals surface area contributed by atoms with Gasteiger partial charge in [-0.15, -0.1) is 0 Å². The predicted octanol–water partition coefficient (Wildman–Crippen LogP) is 1.44. The highest BCUT2D eigenvalue weighted by molar-refractivity contribution is 5.75. The van der Waals surface area contributed by atoms with E-state index in [4.69, 9.17) is 5.11 Å². The van der Waals surface area contributed by atoms with Crippen molar-refractivity contribution in [1.29, 1.82) is 0 Å². The van der Waals surface area contributed by atoms with Crippen molar-refractivity contribution < 1.29 is 9.90 Å². The van der Waals surface area contributed by atoms with Gasteiger partial charge in [-0.25, -0.2) is 9.97 Å². The first-order valence-corrected chi connectivity index (χ1v) is 4.23. The zero-order chi connectivity index (χ0) is 9.68. The lowest BCUT2D eigenvalue weighted by atomic mass is 9.97. The summed E-state index contributed by atoms with van der Waals surface area (Å²) in [7, 11) is 0. The van der Waals surface area contributed by atoms with Crippen molar-refractivity contribution in [2.45, 2.75) is 25.7 Å². The highest BCUT2D eigenvalue weighted by atomic mass is 16.4. The zero-order valence-electron chi connectivity index (χ0n) is 7.47. The van der Waals surface area contributed by atoms with Crippen LogP contribution in [0.3, 0.4) is 0 Å². The molecule has 1 atom stereocenters. The van der Waals surface area contributed by atoms with E-state index in [1.807, 2.05) is 6.92 Å². The molecule has 0 fully saturated rings. The van der Waals surface area contributed by atoms with Crippen molar-refractivity contribution in [2.24, 2.45) is 0 Å². The molecule has 0 amide bonds. The van der Waals surface area contributed by atoms with E-state index in [0.29, 0.717) is 12.0 Å². The molecule has 0 aliphatic rings. The van der Waals surface area contributed by atoms with Gasteiger partial charge in [-0.05, 0) is 6.42 Å². The Bertz CT molecular complexity index is 274. The summed E-state index contributed by atoms with van der Waals surface area (Å²) >= 11 is 0. The molecule has 1 aromatic rings. The van der Waals surface area contributed by atoms with Crippen LogP contribution < -0.4 is 0 Å². The highest BCUT2D eigenvalue weighted by Gasteiger charge is 2.18. The van der Waals surface area contributed by atoms with Gasteiger partial charge in [0.25, 0.3) is 0 Å². The van der Waals surface area contributed by atoms with Gasteiger partial charge in [-0.3, -0.25) is 4.79 Å². The third-order valence-corrected chi connectivity index (χ3v) is 1.86. The van der Waals surface area contributed by atoms with Crippen molar-refractivity contribution in [1.82, 2.24) is 9.97 Å². The van der Waals surface area contributed by atoms with E-state index in [1.165, 1.54) is 6.33 Å². The lowest BCUT2D eigenvalue weighted by Crippen LogP contribution is -2.11. The molecule has 0 spiro atoms. The number of aromatic nitrogens is 2. The molecule has 1 unspecified atom stereocenters. The summed E-state index contributed by atoms with van der Waals surface area (Å²) < 4.78 is 0. The Hall–Kier alpha value is -1.45. The molecule has 1 rings (SSSR count). The number of nitrogens with zero attached hydrogens (tertiary/aromatic N) is 2. The Balaban J connectivity index is 2.82. The van der Waals surface area contributed by atoms with Crippen LogP contribution in [-0.4, -0.2) is 21.0 Å². The number of rotatable bonds is 4. The fourth-order valence-electron chi connectivity index (χ4n) is 1.21. The van der Waals surface area contributed by atoms with Gasteiger partial charge >= 0.3 is 5.97 Å². The van der Waals surface area contributed by atoms with Crippen LogP contribution >= 0.6 is 0 Å². The maximum atomic E-state index is 10.8. The number of hydrogen-bond acceptors (Lipinski definition) is 3. The fraction of sp³-hybridized carbons (Fsp3) is 0.444. The monoisotopic (exact) mass is 180 g/mol. The van der Waals surface area contributed by atoms with E-state index < -0.39 is 11.9 Å². The standard InChI is InChI=1S/C9H12N2O2/c1-2-3-8(9(12)13)7-4-10-6-11-5-7/h4-6,8H,2-3H2,1H3,(H,12,13). The van der Waals surface area contributed by atoms with Crippen LogP contribution in [0.15, 0.2) is 18.7 Å². The summed E-state index contributed by atoms with van der Waals surface area (Å²) in [5.74, 6) is -1.28. The molecule has 0 aliphatic heterocycles. The number of carboxylic acid groups (broad SMARTS) is 1. The van der Waals surface area contributed by atoms with Gasteiger partial charge in [0.1, 0.15) is 6.33 Å². The molecule has 0 saturated carbocycles. The predicted molar refractivity (Wildman–Crippen MR) is 47.3 cm³/mol. The molecular formula is C9H12N2O2. The fourth-order valence-corrected chi connectivity index (χ4v) is 1.21. The second-order valence-electron chi connectivity index (χ2n) is 2.85. The molecule has 0 aromatic carbocycles. The Morgan fingerprint density at radius 1 is 1.54 bits per heavy atom. The minimum absolute atomic E-state index is 0.466. The first kappa shape index (κ1) is 9.64. The average Bonchev–Trinajstić information content (AvgIpc) is 2.15. The summed E-state index contributed by atoms with van der Waals surface area (Å²) in [5.41, 5.74) is 0.678. The van der Waals surface area contributed by atoms with E-state index in [9.17, 15) is 4.79 Å². The van der Waals surface area contributed by atoms with E-state index in [-0.39, 0.29) is 0 Å². The molecule has 1 heterocycles. The topological polar surface area (TPSA) is 63.1 Å². The van der Waals surface area contributed by atoms with Crippen LogP contribution in [0.4, 0.5) is 0 Å². The van der Waals surface area contributed by atoms with Crippen LogP contribution in [0, 0.1) is 0 Å². The molecular weight excluding hydrogens is 168 g/mol. The third kappa shape index (κ3) is 2.50. The Morgan fingerprint density at radius 2 is 2.15 bits per heavy atom. The molecule has 1 N–H and O–H groups in total. The van der Waals surface area contributed by atoms with Crippen LogP contribution in [0.1, 0.15) is 31.2 Å². The maximum absolute atomic E-state index is 10.8. The van der Waals surface area contributed by atoms with E-state index in [0.717, 1.165) is 6.42 Å². The van der Waals surface area contributed by atoms with Gasteiger partial charge in [-0.1, -0.05) is 13.3 Å². The van der Waals surface area contributed by atoms with Crippen molar-refractivity contribution in [3.63, 3.8) is 0 Å². The molecule has 0 saturated heterocycles. The summed E-state index contributed by atoms with van der Waals surface area (Å²) in [6, 6.07) is 0. The molecule has 70 valence electrons. The number of carboxylic acids is 1.